The van der Waals surface area contributed by atoms with Gasteiger partial charge in [-0.1, -0.05) is 73.2 Å². The minimum Gasteiger partial charge on any atom is -1.00 e. The predicted molar refractivity (Wildman–Crippen MR) is 112 cm³/mol. The van der Waals surface area contributed by atoms with E-state index in [0.717, 1.165) is 28.7 Å². The van der Waals surface area contributed by atoms with Gasteiger partial charge in [-0.25, -0.2) is 0 Å². The summed E-state index contributed by atoms with van der Waals surface area (Å²) in [7, 11) is 0. The van der Waals surface area contributed by atoms with E-state index >= 15 is 0 Å². The highest BCUT2D eigenvalue weighted by atomic mass is 79.9. The number of halogens is 1. The van der Waals surface area contributed by atoms with Crippen LogP contribution in [0.4, 0.5) is 0 Å². The molecule has 1 aliphatic rings. The Hall–Kier alpha value is -1.86. The van der Waals surface area contributed by atoms with E-state index in [1.165, 1.54) is 32.4 Å². The Balaban J connectivity index is 0.00000280. The number of hydrogen-bond acceptors (Lipinski definition) is 1. The summed E-state index contributed by atoms with van der Waals surface area (Å²) in [6.45, 7) is 8.75. The Morgan fingerprint density at radius 1 is 0.893 bits per heavy atom. The molecule has 2 nitrogen and oxygen atoms in total. The van der Waals surface area contributed by atoms with Crippen molar-refractivity contribution < 1.29 is 26.2 Å². The maximum Gasteiger partial charge on any atom is 0.141 e. The average molecular weight is 440 g/mol. The number of benzene rings is 2. The lowest BCUT2D eigenvalue weighted by Crippen LogP contribution is -3.00. The normalized spacial score (nSPS) is 15.2. The van der Waals surface area contributed by atoms with Crippen molar-refractivity contribution >= 4 is 0 Å². The second-order valence-corrected chi connectivity index (χ2v) is 7.34. The molecule has 3 rings (SSSR count). The molecule has 0 atom stereocenters. The van der Waals surface area contributed by atoms with Gasteiger partial charge in [0.25, 0.3) is 0 Å². The second-order valence-electron chi connectivity index (χ2n) is 7.34. The number of piperidine rings is 1. The lowest BCUT2D eigenvalue weighted by Gasteiger charge is -2.39. The number of likely N-dealkylation sites (tertiary alicyclic amines) is 1. The molecular weight excluding hydrogens is 410 g/mol. The van der Waals surface area contributed by atoms with Crippen LogP contribution < -0.4 is 17.0 Å². The molecule has 3 heteroatoms. The fourth-order valence-electron chi connectivity index (χ4n) is 3.90. The van der Waals surface area contributed by atoms with Crippen molar-refractivity contribution in [3.63, 3.8) is 0 Å². The fraction of sp³-hybridized carbons (Fsp3) is 0.360. The van der Waals surface area contributed by atoms with E-state index in [-0.39, 0.29) is 23.1 Å². The van der Waals surface area contributed by atoms with Crippen LogP contribution >= 0.6 is 0 Å². The Bertz CT molecular complexity index is 718. The zero-order valence-electron chi connectivity index (χ0n) is 16.5. The van der Waals surface area contributed by atoms with Crippen LogP contribution in [0.2, 0.25) is 0 Å². The molecule has 1 fully saturated rings. The molecule has 0 radical (unpaired) electrons. The van der Waals surface area contributed by atoms with E-state index in [0.29, 0.717) is 6.61 Å². The molecule has 148 valence electrons. The minimum absolute atomic E-state index is 0. The maximum atomic E-state index is 6.20. The van der Waals surface area contributed by atoms with Gasteiger partial charge in [0.2, 0.25) is 0 Å². The third-order valence-electron chi connectivity index (χ3n) is 5.35. The van der Waals surface area contributed by atoms with Gasteiger partial charge in [0.1, 0.15) is 19.3 Å². The van der Waals surface area contributed by atoms with Crippen LogP contribution in [0.15, 0.2) is 73.3 Å². The maximum absolute atomic E-state index is 6.20. The molecule has 2 aromatic rings. The number of rotatable bonds is 7. The van der Waals surface area contributed by atoms with E-state index in [9.17, 15) is 0 Å². The number of hydrogen-bond donors (Lipinski definition) is 0. The van der Waals surface area contributed by atoms with E-state index in [4.69, 9.17) is 4.74 Å². The number of nitrogens with zero attached hydrogens (tertiary/aromatic N) is 1. The highest BCUT2D eigenvalue weighted by molar-refractivity contribution is 5.30. The third-order valence-corrected chi connectivity index (χ3v) is 5.35. The van der Waals surface area contributed by atoms with E-state index in [2.05, 4.69) is 67.0 Å². The first-order valence-electron chi connectivity index (χ1n) is 9.96. The van der Waals surface area contributed by atoms with Crippen LogP contribution in [0, 0.1) is 11.8 Å². The average Bonchev–Trinajstić information content (AvgIpc) is 2.73. The molecule has 0 amide bonds. The Morgan fingerprint density at radius 3 is 2.00 bits per heavy atom. The van der Waals surface area contributed by atoms with Crippen molar-refractivity contribution in [1.82, 2.24) is 0 Å². The van der Waals surface area contributed by atoms with Gasteiger partial charge in [-0.15, -0.1) is 0 Å². The molecule has 0 aliphatic carbocycles. The fourth-order valence-corrected chi connectivity index (χ4v) is 3.90. The van der Waals surface area contributed by atoms with Crippen molar-refractivity contribution in [1.29, 1.82) is 0 Å². The van der Waals surface area contributed by atoms with Gasteiger partial charge in [-0.05, 0) is 42.4 Å². The SMILES string of the molecule is C=CC[N+]1(CC#CCOC(c2ccccc2)c2ccccc2)CCCCC1.[Br-]. The number of ether oxygens (including phenoxy) is 1. The molecule has 2 aromatic carbocycles. The van der Waals surface area contributed by atoms with Gasteiger partial charge < -0.3 is 26.2 Å². The van der Waals surface area contributed by atoms with Gasteiger partial charge in [-0.2, -0.15) is 0 Å². The highest BCUT2D eigenvalue weighted by Gasteiger charge is 2.27. The van der Waals surface area contributed by atoms with E-state index in [1.807, 2.05) is 18.2 Å². The van der Waals surface area contributed by atoms with Crippen LogP contribution in [-0.4, -0.2) is 37.3 Å². The first-order valence-corrected chi connectivity index (χ1v) is 9.96. The van der Waals surface area contributed by atoms with Gasteiger partial charge in [0, 0.05) is 0 Å². The van der Waals surface area contributed by atoms with Crippen molar-refractivity contribution in [2.24, 2.45) is 0 Å². The summed E-state index contributed by atoms with van der Waals surface area (Å²) in [5, 5.41) is 0. The zero-order valence-corrected chi connectivity index (χ0v) is 18.1. The van der Waals surface area contributed by atoms with E-state index in [1.54, 1.807) is 0 Å². The topological polar surface area (TPSA) is 9.23 Å². The van der Waals surface area contributed by atoms with Gasteiger partial charge >= 0.3 is 0 Å². The Labute approximate surface area is 180 Å². The standard InChI is InChI=1S/C25H30NO.BrH/c1-2-18-26(19-10-5-11-20-26)21-12-13-22-27-25(23-14-6-3-7-15-23)24-16-8-4-9-17-24;/h2-4,6-9,14-17,25H,1,5,10-11,18-22H2;1H/q+1;/p-1. The summed E-state index contributed by atoms with van der Waals surface area (Å²) in [4.78, 5) is 0. The van der Waals surface area contributed by atoms with Crippen molar-refractivity contribution in [3.05, 3.63) is 84.4 Å². The van der Waals surface area contributed by atoms with Crippen LogP contribution in [0.5, 0.6) is 0 Å². The Morgan fingerprint density at radius 2 is 1.46 bits per heavy atom. The summed E-state index contributed by atoms with van der Waals surface area (Å²) < 4.78 is 7.26. The first kappa shape index (κ1) is 22.4. The van der Waals surface area contributed by atoms with E-state index < -0.39 is 0 Å². The number of quaternary nitrogens is 1. The van der Waals surface area contributed by atoms with Gasteiger partial charge in [-0.3, -0.25) is 0 Å². The van der Waals surface area contributed by atoms with Gasteiger partial charge in [0.15, 0.2) is 0 Å². The molecule has 28 heavy (non-hydrogen) atoms. The van der Waals surface area contributed by atoms with Crippen LogP contribution in [0.3, 0.4) is 0 Å². The second kappa shape index (κ2) is 11.9. The highest BCUT2D eigenvalue weighted by Crippen LogP contribution is 2.25. The van der Waals surface area contributed by atoms with Crippen LogP contribution in [-0.2, 0) is 4.74 Å². The summed E-state index contributed by atoms with van der Waals surface area (Å²) >= 11 is 0. The molecule has 1 saturated heterocycles. The minimum atomic E-state index is -0.0759. The summed E-state index contributed by atoms with van der Waals surface area (Å²) in [6.07, 6.45) is 5.92. The Kier molecular flexibility index (Phi) is 9.50. The predicted octanol–water partition coefficient (Wildman–Crippen LogP) is 1.99. The molecule has 1 heterocycles. The summed E-state index contributed by atoms with van der Waals surface area (Å²) in [5.41, 5.74) is 2.33. The largest absolute Gasteiger partial charge is 1.00 e. The molecule has 0 aromatic heterocycles. The lowest BCUT2D eigenvalue weighted by molar-refractivity contribution is -0.920. The first-order chi connectivity index (χ1) is 13.3. The lowest BCUT2D eigenvalue weighted by atomic mass is 10.0. The third kappa shape index (κ3) is 6.34. The van der Waals surface area contributed by atoms with Crippen LogP contribution in [0.1, 0.15) is 36.5 Å². The van der Waals surface area contributed by atoms with Gasteiger partial charge in [0.05, 0.1) is 19.6 Å². The molecular formula is C25H30BrNO. The molecule has 0 saturated carbocycles. The smallest absolute Gasteiger partial charge is 0.141 e. The molecule has 0 bridgehead atoms. The zero-order chi connectivity index (χ0) is 18.8. The monoisotopic (exact) mass is 439 g/mol. The summed E-state index contributed by atoms with van der Waals surface area (Å²) in [6, 6.07) is 20.7. The van der Waals surface area contributed by atoms with Crippen molar-refractivity contribution in [3.8, 4) is 11.8 Å². The van der Waals surface area contributed by atoms with Crippen molar-refractivity contribution in [2.45, 2.75) is 25.4 Å². The molecule has 0 unspecified atom stereocenters. The quantitative estimate of drug-likeness (QED) is 0.364. The molecule has 0 N–H and O–H groups in total. The van der Waals surface area contributed by atoms with Crippen molar-refractivity contribution in [2.75, 3.05) is 32.8 Å². The molecule has 1 aliphatic heterocycles. The molecule has 0 spiro atoms. The summed E-state index contributed by atoms with van der Waals surface area (Å²) in [5.74, 6) is 6.65. The van der Waals surface area contributed by atoms with Crippen LogP contribution in [0.25, 0.3) is 0 Å².